The molecule has 0 aromatic carbocycles. The van der Waals surface area contributed by atoms with E-state index in [1.54, 1.807) is 6.20 Å². The van der Waals surface area contributed by atoms with Gasteiger partial charge in [-0.2, -0.15) is 26.8 Å². The summed E-state index contributed by atoms with van der Waals surface area (Å²) in [4.78, 5) is 10.8. The smallest absolute Gasteiger partial charge is 0.224 e. The first kappa shape index (κ1) is 10.6. The van der Waals surface area contributed by atoms with Gasteiger partial charge in [0.2, 0.25) is 5.95 Å². The van der Waals surface area contributed by atoms with Crippen LogP contribution in [0.2, 0.25) is 0 Å². The number of thioether (sulfide) groups is 1. The van der Waals surface area contributed by atoms with Crippen LogP contribution in [0, 0.1) is 0 Å². The molecule has 0 radical (unpaired) electrons. The highest BCUT2D eigenvalue weighted by molar-refractivity contribution is 7.99. The van der Waals surface area contributed by atoms with Crippen molar-refractivity contribution in [2.45, 2.75) is 13.0 Å². The van der Waals surface area contributed by atoms with Crippen molar-refractivity contribution < 1.29 is 0 Å². The van der Waals surface area contributed by atoms with E-state index in [-0.39, 0.29) is 0 Å². The third-order valence-electron chi connectivity index (χ3n) is 2.95. The molecule has 7 heteroatoms. The topological polar surface area (TPSA) is 83.7 Å². The van der Waals surface area contributed by atoms with E-state index in [1.807, 2.05) is 11.8 Å². The van der Waals surface area contributed by atoms with Crippen molar-refractivity contribution in [3.8, 4) is 0 Å². The van der Waals surface area contributed by atoms with E-state index in [0.717, 1.165) is 29.3 Å². The Morgan fingerprint density at radius 2 is 2.41 bits per heavy atom. The summed E-state index contributed by atoms with van der Waals surface area (Å²) in [6.07, 6.45) is 1.76. The lowest BCUT2D eigenvalue weighted by Crippen LogP contribution is -2.41. The van der Waals surface area contributed by atoms with E-state index < -0.39 is 0 Å². The van der Waals surface area contributed by atoms with Crippen LogP contribution in [-0.4, -0.2) is 44.3 Å². The maximum Gasteiger partial charge on any atom is 0.224 e. The van der Waals surface area contributed by atoms with Crippen LogP contribution in [0.1, 0.15) is 6.92 Å². The predicted molar refractivity (Wildman–Crippen MR) is 70.2 cm³/mol. The van der Waals surface area contributed by atoms with Gasteiger partial charge < -0.3 is 10.6 Å². The van der Waals surface area contributed by atoms with Crippen LogP contribution in [0.4, 0.5) is 11.8 Å². The quantitative estimate of drug-likeness (QED) is 0.781. The van der Waals surface area contributed by atoms with E-state index in [9.17, 15) is 0 Å². The molecule has 0 aliphatic carbocycles. The fraction of sp³-hybridized carbons (Fsp3) is 0.500. The molecule has 0 saturated carbocycles. The Morgan fingerprint density at radius 3 is 3.24 bits per heavy atom. The largest absolute Gasteiger partial charge is 0.368 e. The summed E-state index contributed by atoms with van der Waals surface area (Å²) >= 11 is 1.97. The Kier molecular flexibility index (Phi) is 2.54. The molecule has 1 aliphatic rings. The number of rotatable bonds is 1. The van der Waals surface area contributed by atoms with Crippen molar-refractivity contribution in [3.63, 3.8) is 0 Å². The van der Waals surface area contributed by atoms with Crippen LogP contribution in [0.25, 0.3) is 11.0 Å². The third-order valence-corrected chi connectivity index (χ3v) is 4.14. The molecule has 2 aromatic rings. The van der Waals surface area contributed by atoms with Gasteiger partial charge in [-0.15, -0.1) is 0 Å². The third kappa shape index (κ3) is 1.80. The molecular formula is C10H14N6S. The highest BCUT2D eigenvalue weighted by Crippen LogP contribution is 2.28. The van der Waals surface area contributed by atoms with Crippen molar-refractivity contribution >= 4 is 34.6 Å². The zero-order valence-corrected chi connectivity index (χ0v) is 10.4. The van der Waals surface area contributed by atoms with Crippen LogP contribution in [0.3, 0.4) is 0 Å². The van der Waals surface area contributed by atoms with E-state index in [2.05, 4.69) is 32.0 Å². The van der Waals surface area contributed by atoms with Crippen LogP contribution in [0.15, 0.2) is 6.20 Å². The van der Waals surface area contributed by atoms with Crippen molar-refractivity contribution in [2.24, 2.45) is 0 Å². The average molecular weight is 250 g/mol. The fourth-order valence-corrected chi connectivity index (χ4v) is 3.11. The van der Waals surface area contributed by atoms with Gasteiger partial charge in [0.15, 0.2) is 5.65 Å². The molecule has 0 bridgehead atoms. The zero-order chi connectivity index (χ0) is 11.8. The highest BCUT2D eigenvalue weighted by Gasteiger charge is 2.23. The molecule has 6 nitrogen and oxygen atoms in total. The average Bonchev–Trinajstić information content (AvgIpc) is 2.76. The minimum absolute atomic E-state index is 0.294. The van der Waals surface area contributed by atoms with Gasteiger partial charge in [-0.25, -0.2) is 0 Å². The maximum absolute atomic E-state index is 5.73. The number of hydrogen-bond donors (Lipinski definition) is 2. The van der Waals surface area contributed by atoms with Crippen LogP contribution >= 0.6 is 11.8 Å². The molecule has 3 N–H and O–H groups in total. The van der Waals surface area contributed by atoms with Gasteiger partial charge in [0.25, 0.3) is 0 Å². The molecule has 0 spiro atoms. The number of hydrogen-bond acceptors (Lipinski definition) is 6. The normalized spacial score (nSPS) is 21.0. The van der Waals surface area contributed by atoms with Gasteiger partial charge >= 0.3 is 0 Å². The minimum atomic E-state index is 0.294. The monoisotopic (exact) mass is 250 g/mol. The van der Waals surface area contributed by atoms with Gasteiger partial charge in [0.1, 0.15) is 5.82 Å². The second kappa shape index (κ2) is 4.06. The summed E-state index contributed by atoms with van der Waals surface area (Å²) < 4.78 is 0. The molecule has 1 saturated heterocycles. The summed E-state index contributed by atoms with van der Waals surface area (Å²) in [5, 5.41) is 7.79. The number of nitrogens with zero attached hydrogens (tertiary/aromatic N) is 4. The standard InChI is InChI=1S/C10H14N6S/c1-6-5-17-3-2-16(6)9-7-4-12-15-8(7)13-10(11)14-9/h4,6H,2-3,5H2,1H3,(H3,11,12,13,14,15). The fourth-order valence-electron chi connectivity index (χ4n) is 2.10. The molecule has 1 atom stereocenters. The van der Waals surface area contributed by atoms with E-state index in [4.69, 9.17) is 5.73 Å². The summed E-state index contributed by atoms with van der Waals surface area (Å²) in [6, 6.07) is 0.459. The number of nitrogens with one attached hydrogen (secondary N) is 1. The van der Waals surface area contributed by atoms with Crippen LogP contribution in [-0.2, 0) is 0 Å². The second-order valence-electron chi connectivity index (χ2n) is 4.16. The molecule has 3 rings (SSSR count). The Hall–Kier alpha value is -1.50. The summed E-state index contributed by atoms with van der Waals surface area (Å²) in [6.45, 7) is 3.19. The van der Waals surface area contributed by atoms with Crippen molar-refractivity contribution in [2.75, 3.05) is 28.7 Å². The number of H-pyrrole nitrogens is 1. The second-order valence-corrected chi connectivity index (χ2v) is 5.30. The lowest BCUT2D eigenvalue weighted by atomic mass is 10.2. The Balaban J connectivity index is 2.11. The number of anilines is 2. The van der Waals surface area contributed by atoms with Crippen molar-refractivity contribution in [3.05, 3.63) is 6.20 Å². The molecule has 90 valence electrons. The molecule has 1 aliphatic heterocycles. The molecule has 17 heavy (non-hydrogen) atoms. The summed E-state index contributed by atoms with van der Waals surface area (Å²) in [7, 11) is 0. The van der Waals surface area contributed by atoms with Crippen molar-refractivity contribution in [1.82, 2.24) is 20.2 Å². The zero-order valence-electron chi connectivity index (χ0n) is 9.55. The molecular weight excluding hydrogens is 236 g/mol. The van der Waals surface area contributed by atoms with Gasteiger partial charge in [-0.3, -0.25) is 5.10 Å². The Bertz CT molecular complexity index is 539. The predicted octanol–water partition coefficient (Wildman–Crippen LogP) is 0.877. The van der Waals surface area contributed by atoms with Crippen LogP contribution < -0.4 is 10.6 Å². The van der Waals surface area contributed by atoms with Gasteiger partial charge in [-0.1, -0.05) is 0 Å². The molecule has 2 aromatic heterocycles. The first-order valence-corrected chi connectivity index (χ1v) is 6.72. The highest BCUT2D eigenvalue weighted by atomic mass is 32.2. The summed E-state index contributed by atoms with van der Waals surface area (Å²) in [5.74, 6) is 3.42. The van der Waals surface area contributed by atoms with E-state index in [1.165, 1.54) is 0 Å². The SMILES string of the molecule is CC1CSCCN1c1nc(N)nc2[nH]ncc12. The molecule has 1 unspecified atom stereocenters. The van der Waals surface area contributed by atoms with E-state index in [0.29, 0.717) is 17.6 Å². The maximum atomic E-state index is 5.73. The number of nitrogen functional groups attached to an aromatic ring is 1. The minimum Gasteiger partial charge on any atom is -0.368 e. The number of aromatic nitrogens is 4. The summed E-state index contributed by atoms with van der Waals surface area (Å²) in [5.41, 5.74) is 6.44. The lowest BCUT2D eigenvalue weighted by molar-refractivity contribution is 0.692. The molecule has 1 fully saturated rings. The Morgan fingerprint density at radius 1 is 1.53 bits per heavy atom. The number of aromatic amines is 1. The van der Waals surface area contributed by atoms with Crippen LogP contribution in [0.5, 0.6) is 0 Å². The van der Waals surface area contributed by atoms with Gasteiger partial charge in [-0.05, 0) is 6.92 Å². The first-order chi connectivity index (χ1) is 8.25. The lowest BCUT2D eigenvalue weighted by Gasteiger charge is -2.34. The number of fused-ring (bicyclic) bond motifs is 1. The van der Waals surface area contributed by atoms with E-state index >= 15 is 0 Å². The Labute approximate surface area is 103 Å². The number of nitrogens with two attached hydrogens (primary N) is 1. The molecule has 0 amide bonds. The van der Waals surface area contributed by atoms with Gasteiger partial charge in [0, 0.05) is 24.1 Å². The van der Waals surface area contributed by atoms with Gasteiger partial charge in [0.05, 0.1) is 11.6 Å². The first-order valence-electron chi connectivity index (χ1n) is 5.56. The van der Waals surface area contributed by atoms with Crippen molar-refractivity contribution in [1.29, 1.82) is 0 Å². The molecule has 3 heterocycles.